The zero-order valence-corrected chi connectivity index (χ0v) is 7.58. The average molecular weight is 203 g/mol. The summed E-state index contributed by atoms with van der Waals surface area (Å²) in [5.74, 6) is -0.354. The number of rotatable bonds is 0. The fourth-order valence-corrected chi connectivity index (χ4v) is 1.70. The minimum absolute atomic E-state index is 0.354. The highest BCUT2D eigenvalue weighted by molar-refractivity contribution is 6.01. The first-order chi connectivity index (χ1) is 7.25. The van der Waals surface area contributed by atoms with Crippen LogP contribution >= 0.6 is 0 Å². The van der Waals surface area contributed by atoms with E-state index in [9.17, 15) is 9.18 Å². The average Bonchev–Trinajstić information content (AvgIpc) is 2.69. The third kappa shape index (κ3) is 1.08. The summed E-state index contributed by atoms with van der Waals surface area (Å²) < 4.78 is 18.1. The number of nitrogens with one attached hydrogen (secondary N) is 1. The molecule has 0 aliphatic heterocycles. The van der Waals surface area contributed by atoms with Gasteiger partial charge in [-0.1, -0.05) is 0 Å². The van der Waals surface area contributed by atoms with E-state index in [1.807, 2.05) is 0 Å². The van der Waals surface area contributed by atoms with Crippen molar-refractivity contribution in [3.05, 3.63) is 46.7 Å². The van der Waals surface area contributed by atoms with Gasteiger partial charge in [0.2, 0.25) is 0 Å². The molecule has 74 valence electrons. The summed E-state index contributed by atoms with van der Waals surface area (Å²) in [5.41, 5.74) is 0.586. The lowest BCUT2D eigenvalue weighted by atomic mass is 10.2. The van der Waals surface area contributed by atoms with Crippen molar-refractivity contribution < 1.29 is 8.81 Å². The number of H-pyrrole nitrogens is 1. The van der Waals surface area contributed by atoms with Gasteiger partial charge in [0.25, 0.3) is 0 Å². The summed E-state index contributed by atoms with van der Waals surface area (Å²) in [6.45, 7) is 0. The first kappa shape index (κ1) is 8.23. The van der Waals surface area contributed by atoms with Crippen molar-refractivity contribution in [1.82, 2.24) is 4.98 Å². The second-order valence-electron chi connectivity index (χ2n) is 3.30. The van der Waals surface area contributed by atoms with Gasteiger partial charge in [0.15, 0.2) is 0 Å². The predicted octanol–water partition coefficient (Wildman–Crippen LogP) is 2.41. The number of hydrogen-bond donors (Lipinski definition) is 1. The molecule has 1 N–H and O–H groups in total. The van der Waals surface area contributed by atoms with E-state index in [-0.39, 0.29) is 5.82 Å². The molecule has 0 saturated heterocycles. The summed E-state index contributed by atoms with van der Waals surface area (Å²) >= 11 is 0. The molecule has 0 aliphatic rings. The van der Waals surface area contributed by atoms with Crippen molar-refractivity contribution in [1.29, 1.82) is 0 Å². The lowest BCUT2D eigenvalue weighted by Gasteiger charge is -1.97. The Hall–Kier alpha value is -2.10. The minimum atomic E-state index is -0.412. The van der Waals surface area contributed by atoms with Crippen molar-refractivity contribution >= 4 is 21.9 Å². The van der Waals surface area contributed by atoms with E-state index in [0.29, 0.717) is 21.9 Å². The molecule has 0 bridgehead atoms. The highest BCUT2D eigenvalue weighted by Crippen LogP contribution is 2.21. The third-order valence-corrected chi connectivity index (χ3v) is 2.38. The molecule has 3 aromatic rings. The van der Waals surface area contributed by atoms with E-state index < -0.39 is 5.63 Å². The Labute approximate surface area is 83.1 Å². The van der Waals surface area contributed by atoms with E-state index in [4.69, 9.17) is 4.42 Å². The van der Waals surface area contributed by atoms with Crippen LogP contribution in [0.4, 0.5) is 4.39 Å². The standard InChI is InChI=1S/C11H6FNO2/c12-6-1-2-9-8(5-6)10-7(3-4-13-10)11(14)15-9/h1-5,13H. The summed E-state index contributed by atoms with van der Waals surface area (Å²) in [6.07, 6.45) is 1.63. The molecule has 0 saturated carbocycles. The molecule has 2 aromatic heterocycles. The number of aromatic amines is 1. The monoisotopic (exact) mass is 203 g/mol. The van der Waals surface area contributed by atoms with E-state index in [0.717, 1.165) is 0 Å². The minimum Gasteiger partial charge on any atom is -0.422 e. The zero-order valence-electron chi connectivity index (χ0n) is 7.58. The van der Waals surface area contributed by atoms with Crippen molar-refractivity contribution in [2.24, 2.45) is 0 Å². The van der Waals surface area contributed by atoms with Gasteiger partial charge in [0.05, 0.1) is 10.9 Å². The Morgan fingerprint density at radius 1 is 1.20 bits per heavy atom. The smallest absolute Gasteiger partial charge is 0.345 e. The highest BCUT2D eigenvalue weighted by atomic mass is 19.1. The van der Waals surface area contributed by atoms with Crippen LogP contribution in [0.1, 0.15) is 0 Å². The quantitative estimate of drug-likeness (QED) is 0.570. The normalized spacial score (nSPS) is 11.3. The molecule has 0 amide bonds. The van der Waals surface area contributed by atoms with Crippen LogP contribution in [0.5, 0.6) is 0 Å². The Bertz CT molecular complexity index is 711. The fraction of sp³-hybridized carbons (Fsp3) is 0. The van der Waals surface area contributed by atoms with Gasteiger partial charge in [-0.15, -0.1) is 0 Å². The van der Waals surface area contributed by atoms with E-state index in [2.05, 4.69) is 4.98 Å². The van der Waals surface area contributed by atoms with Crippen molar-refractivity contribution in [3.8, 4) is 0 Å². The van der Waals surface area contributed by atoms with Gasteiger partial charge in [-0.3, -0.25) is 0 Å². The van der Waals surface area contributed by atoms with Crippen LogP contribution in [0.15, 0.2) is 39.7 Å². The highest BCUT2D eigenvalue weighted by Gasteiger charge is 2.08. The van der Waals surface area contributed by atoms with Crippen molar-refractivity contribution in [2.75, 3.05) is 0 Å². The van der Waals surface area contributed by atoms with E-state index in [1.54, 1.807) is 12.3 Å². The lowest BCUT2D eigenvalue weighted by molar-refractivity contribution is 0.567. The predicted molar refractivity (Wildman–Crippen MR) is 54.3 cm³/mol. The SMILES string of the molecule is O=c1oc2ccc(F)cc2c2[nH]ccc12. The van der Waals surface area contributed by atoms with Gasteiger partial charge in [-0.2, -0.15) is 0 Å². The molecule has 1 aromatic carbocycles. The zero-order chi connectivity index (χ0) is 10.4. The van der Waals surface area contributed by atoms with Gasteiger partial charge in [0.1, 0.15) is 11.4 Å². The third-order valence-electron chi connectivity index (χ3n) is 2.38. The van der Waals surface area contributed by atoms with Crippen LogP contribution in [0.25, 0.3) is 21.9 Å². The molecular formula is C11H6FNO2. The molecule has 0 radical (unpaired) electrons. The number of fused-ring (bicyclic) bond motifs is 3. The van der Waals surface area contributed by atoms with E-state index in [1.165, 1.54) is 18.2 Å². The lowest BCUT2D eigenvalue weighted by Crippen LogP contribution is -1.97. The first-order valence-electron chi connectivity index (χ1n) is 4.45. The summed E-state index contributed by atoms with van der Waals surface area (Å²) in [6, 6.07) is 5.68. The maximum Gasteiger partial charge on any atom is 0.345 e. The Kier molecular flexibility index (Phi) is 1.48. The summed E-state index contributed by atoms with van der Waals surface area (Å²) in [4.78, 5) is 14.4. The Balaban J connectivity index is 2.67. The first-order valence-corrected chi connectivity index (χ1v) is 4.45. The van der Waals surface area contributed by atoms with Gasteiger partial charge in [-0.05, 0) is 24.3 Å². The second kappa shape index (κ2) is 2.70. The maximum atomic E-state index is 13.0. The molecule has 0 aliphatic carbocycles. The Morgan fingerprint density at radius 2 is 2.07 bits per heavy atom. The molecule has 0 fully saturated rings. The van der Waals surface area contributed by atoms with Gasteiger partial charge >= 0.3 is 5.63 Å². The molecule has 3 nitrogen and oxygen atoms in total. The molecule has 4 heteroatoms. The van der Waals surface area contributed by atoms with Crippen LogP contribution in [0.3, 0.4) is 0 Å². The fourth-order valence-electron chi connectivity index (χ4n) is 1.70. The number of aromatic nitrogens is 1. The summed E-state index contributed by atoms with van der Waals surface area (Å²) in [7, 11) is 0. The molecule has 0 spiro atoms. The van der Waals surface area contributed by atoms with Crippen molar-refractivity contribution in [3.63, 3.8) is 0 Å². The molecule has 0 atom stereocenters. The maximum absolute atomic E-state index is 13.0. The van der Waals surface area contributed by atoms with Gasteiger partial charge in [0, 0.05) is 11.6 Å². The number of hydrogen-bond acceptors (Lipinski definition) is 2. The summed E-state index contributed by atoms with van der Waals surface area (Å²) in [5, 5.41) is 1.02. The molecule has 0 unspecified atom stereocenters. The second-order valence-corrected chi connectivity index (χ2v) is 3.30. The van der Waals surface area contributed by atoms with Crippen LogP contribution in [-0.4, -0.2) is 4.98 Å². The van der Waals surface area contributed by atoms with Crippen LogP contribution in [-0.2, 0) is 0 Å². The topological polar surface area (TPSA) is 46.0 Å². The Morgan fingerprint density at radius 3 is 2.93 bits per heavy atom. The van der Waals surface area contributed by atoms with Crippen LogP contribution < -0.4 is 5.63 Å². The van der Waals surface area contributed by atoms with Crippen LogP contribution in [0, 0.1) is 5.82 Å². The van der Waals surface area contributed by atoms with E-state index >= 15 is 0 Å². The molecule has 15 heavy (non-hydrogen) atoms. The molecule has 2 heterocycles. The molecular weight excluding hydrogens is 197 g/mol. The van der Waals surface area contributed by atoms with Gasteiger partial charge < -0.3 is 9.40 Å². The van der Waals surface area contributed by atoms with Gasteiger partial charge in [-0.25, -0.2) is 9.18 Å². The largest absolute Gasteiger partial charge is 0.422 e. The van der Waals surface area contributed by atoms with Crippen LogP contribution in [0.2, 0.25) is 0 Å². The molecule has 3 rings (SSSR count). The number of halogens is 1. The number of benzene rings is 1. The van der Waals surface area contributed by atoms with Crippen molar-refractivity contribution in [2.45, 2.75) is 0 Å².